The summed E-state index contributed by atoms with van der Waals surface area (Å²) >= 11 is 6.16. The molecule has 1 aliphatic rings. The summed E-state index contributed by atoms with van der Waals surface area (Å²) in [7, 11) is -4.17. The maximum atomic E-state index is 14.0. The van der Waals surface area contributed by atoms with E-state index in [0.717, 1.165) is 33.7 Å². The number of nitrogens with one attached hydrogen (secondary N) is 2. The Morgan fingerprint density at radius 3 is 2.10 bits per heavy atom. The Morgan fingerprint density at radius 2 is 1.52 bits per heavy atom. The Kier molecular flexibility index (Phi) is 11.9. The maximum Gasteiger partial charge on any atom is 0.266 e. The van der Waals surface area contributed by atoms with Crippen LogP contribution in [0.25, 0.3) is 11.1 Å². The molecule has 5 rings (SSSR count). The summed E-state index contributed by atoms with van der Waals surface area (Å²) in [5, 5.41) is 6.32. The number of benzene rings is 4. The molecule has 0 radical (unpaired) electrons. The molecule has 0 aliphatic heterocycles. The molecular weight excluding hydrogens is 668 g/mol. The lowest BCUT2D eigenvalue weighted by Gasteiger charge is -2.37. The smallest absolute Gasteiger partial charge is 0.266 e. The zero-order valence-electron chi connectivity index (χ0n) is 29.2. The van der Waals surface area contributed by atoms with Crippen LogP contribution in [0.3, 0.4) is 0 Å². The van der Waals surface area contributed by atoms with Crippen molar-refractivity contribution in [3.05, 3.63) is 124 Å². The fourth-order valence-electron chi connectivity index (χ4n) is 6.99. The van der Waals surface area contributed by atoms with Gasteiger partial charge in [0.15, 0.2) is 0 Å². The van der Waals surface area contributed by atoms with Crippen molar-refractivity contribution in [3.63, 3.8) is 0 Å². The topological polar surface area (TPSA) is 113 Å². The number of amides is 2. The lowest BCUT2D eigenvalue weighted by atomic mass is 9.68. The van der Waals surface area contributed by atoms with Crippen LogP contribution in [-0.4, -0.2) is 37.1 Å². The molecule has 0 saturated heterocycles. The first-order valence-electron chi connectivity index (χ1n) is 17.3. The summed E-state index contributed by atoms with van der Waals surface area (Å²) in [5.41, 5.74) is 7.66. The molecule has 1 atom stereocenters. The van der Waals surface area contributed by atoms with E-state index in [9.17, 15) is 18.0 Å². The highest BCUT2D eigenvalue weighted by molar-refractivity contribution is 7.85. The van der Waals surface area contributed by atoms with Gasteiger partial charge in [-0.15, -0.1) is 0 Å². The number of halogens is 1. The summed E-state index contributed by atoms with van der Waals surface area (Å²) in [6, 6.07) is 29.0. The zero-order valence-corrected chi connectivity index (χ0v) is 30.8. The largest absolute Gasteiger partial charge is 0.351 e. The first-order valence-corrected chi connectivity index (χ1v) is 19.2. The summed E-state index contributed by atoms with van der Waals surface area (Å²) in [5.74, 6) is -0.370. The van der Waals surface area contributed by atoms with E-state index in [0.29, 0.717) is 34.0 Å². The molecule has 4 aromatic carbocycles. The van der Waals surface area contributed by atoms with Crippen molar-refractivity contribution in [1.29, 1.82) is 0 Å². The molecule has 1 saturated carbocycles. The van der Waals surface area contributed by atoms with E-state index < -0.39 is 27.7 Å². The lowest BCUT2D eigenvalue weighted by Crippen LogP contribution is -2.28. The normalized spacial score (nSPS) is 17.2. The number of hydrogen-bond donors (Lipinski definition) is 3. The molecule has 0 spiro atoms. The number of hydrogen-bond acceptors (Lipinski definition) is 4. The number of anilines is 1. The van der Waals surface area contributed by atoms with Crippen LogP contribution >= 0.6 is 11.6 Å². The van der Waals surface area contributed by atoms with Crippen molar-refractivity contribution in [3.8, 4) is 11.1 Å². The minimum atomic E-state index is -4.17. The van der Waals surface area contributed by atoms with Gasteiger partial charge in [0.1, 0.15) is 0 Å². The molecule has 2 amide bonds. The van der Waals surface area contributed by atoms with Crippen molar-refractivity contribution >= 4 is 39.2 Å². The van der Waals surface area contributed by atoms with E-state index in [1.807, 2.05) is 61.5 Å². The van der Waals surface area contributed by atoms with Crippen molar-refractivity contribution < 1.29 is 22.6 Å². The Bertz CT molecular complexity index is 1890. The highest BCUT2D eigenvalue weighted by Crippen LogP contribution is 2.43. The minimum absolute atomic E-state index is 0.133. The predicted molar refractivity (Wildman–Crippen MR) is 202 cm³/mol. The van der Waals surface area contributed by atoms with E-state index in [4.69, 9.17) is 16.2 Å². The molecular formula is C41H47ClN2O5S. The second-order valence-corrected chi connectivity index (χ2v) is 16.6. The quantitative estimate of drug-likeness (QED) is 0.134. The first kappa shape index (κ1) is 37.3. The SMILES string of the molecule is Cc1cc(Cl)ccc1-c1ccc(NC(=O)[C@H](Cc2ccc(C(=O)NCCS(=O)(=O)O)cc2)c2ccc([C@H]3CC[C@@H](C(C)(C)C)CC3)cc2)cc1. The van der Waals surface area contributed by atoms with E-state index in [-0.39, 0.29) is 12.5 Å². The number of rotatable bonds is 11. The van der Waals surface area contributed by atoms with Gasteiger partial charge in [0.25, 0.3) is 16.0 Å². The van der Waals surface area contributed by atoms with Gasteiger partial charge in [-0.1, -0.05) is 87.0 Å². The van der Waals surface area contributed by atoms with Gasteiger partial charge in [0.2, 0.25) is 5.91 Å². The molecule has 1 fully saturated rings. The van der Waals surface area contributed by atoms with E-state index in [1.165, 1.54) is 31.2 Å². The highest BCUT2D eigenvalue weighted by atomic mass is 35.5. The van der Waals surface area contributed by atoms with Crippen LogP contribution < -0.4 is 10.6 Å². The van der Waals surface area contributed by atoms with Crippen LogP contribution in [0.4, 0.5) is 5.69 Å². The Balaban J connectivity index is 1.33. The van der Waals surface area contributed by atoms with E-state index in [1.54, 1.807) is 12.1 Å². The number of carbonyl (C=O) groups is 2. The van der Waals surface area contributed by atoms with Crippen molar-refractivity contribution in [2.75, 3.05) is 17.6 Å². The Labute approximate surface area is 301 Å². The van der Waals surface area contributed by atoms with Gasteiger partial charge in [-0.3, -0.25) is 14.1 Å². The third kappa shape index (κ3) is 10.1. The Hall–Kier alpha value is -3.98. The lowest BCUT2D eigenvalue weighted by molar-refractivity contribution is -0.117. The van der Waals surface area contributed by atoms with Gasteiger partial charge in [-0.05, 0) is 126 Å². The fraction of sp³-hybridized carbons (Fsp3) is 0.366. The van der Waals surface area contributed by atoms with Crippen LogP contribution in [0.15, 0.2) is 91.0 Å². The molecule has 4 aromatic rings. The highest BCUT2D eigenvalue weighted by Gasteiger charge is 2.30. The maximum absolute atomic E-state index is 14.0. The molecule has 9 heteroatoms. The van der Waals surface area contributed by atoms with E-state index >= 15 is 0 Å². The second kappa shape index (κ2) is 15.9. The fourth-order valence-corrected chi connectivity index (χ4v) is 7.58. The monoisotopic (exact) mass is 714 g/mol. The molecule has 264 valence electrons. The van der Waals surface area contributed by atoms with Gasteiger partial charge in [-0.25, -0.2) is 0 Å². The minimum Gasteiger partial charge on any atom is -0.351 e. The molecule has 7 nitrogen and oxygen atoms in total. The third-order valence-corrected chi connectivity index (χ3v) is 11.0. The van der Waals surface area contributed by atoms with Crippen LogP contribution in [-0.2, 0) is 21.3 Å². The molecule has 0 heterocycles. The molecule has 0 bridgehead atoms. The van der Waals surface area contributed by atoms with E-state index in [2.05, 4.69) is 55.7 Å². The Morgan fingerprint density at radius 1 is 0.880 bits per heavy atom. The van der Waals surface area contributed by atoms with Gasteiger partial charge >= 0.3 is 0 Å². The first-order chi connectivity index (χ1) is 23.7. The summed E-state index contributed by atoms with van der Waals surface area (Å²) in [6.45, 7) is 8.83. The van der Waals surface area contributed by atoms with Crippen molar-refractivity contribution in [1.82, 2.24) is 5.32 Å². The molecule has 3 N–H and O–H groups in total. The average molecular weight is 715 g/mol. The summed E-state index contributed by atoms with van der Waals surface area (Å²) < 4.78 is 30.9. The standard InChI is InChI=1S/C41H47ClN2O5S/c1-27-25-35(42)19-22-37(27)31-15-20-36(21-16-31)44-40(46)38(26-28-5-7-33(8-6-28)39(45)43-23-24-50(47,48)49)32-11-9-29(10-12-32)30-13-17-34(18-14-30)41(2,3)4/h5-12,15-16,19-22,25,30,34,38H,13-14,17-18,23-24,26H2,1-4H3,(H,43,45)(H,44,46)(H,47,48,49)/t30-,34+,38-/m1/s1. The molecule has 50 heavy (non-hydrogen) atoms. The summed E-state index contributed by atoms with van der Waals surface area (Å²) in [6.07, 6.45) is 5.21. The van der Waals surface area contributed by atoms with Gasteiger partial charge < -0.3 is 10.6 Å². The molecule has 0 unspecified atom stereocenters. The van der Waals surface area contributed by atoms with Gasteiger partial charge in [0.05, 0.1) is 11.7 Å². The predicted octanol–water partition coefficient (Wildman–Crippen LogP) is 9.22. The number of carbonyl (C=O) groups excluding carboxylic acids is 2. The van der Waals surface area contributed by atoms with Gasteiger partial charge in [0, 0.05) is 22.8 Å². The third-order valence-electron chi connectivity index (χ3n) is 10.0. The van der Waals surface area contributed by atoms with Crippen LogP contribution in [0.5, 0.6) is 0 Å². The molecule has 0 aromatic heterocycles. The summed E-state index contributed by atoms with van der Waals surface area (Å²) in [4.78, 5) is 26.5. The van der Waals surface area contributed by atoms with Crippen LogP contribution in [0, 0.1) is 18.3 Å². The van der Waals surface area contributed by atoms with Crippen molar-refractivity contribution in [2.24, 2.45) is 11.3 Å². The molecule has 1 aliphatic carbocycles. The van der Waals surface area contributed by atoms with Crippen LogP contribution in [0.1, 0.15) is 90.9 Å². The van der Waals surface area contributed by atoms with Crippen LogP contribution in [0.2, 0.25) is 5.02 Å². The van der Waals surface area contributed by atoms with Gasteiger partial charge in [-0.2, -0.15) is 8.42 Å². The van der Waals surface area contributed by atoms with Crippen molar-refractivity contribution in [2.45, 2.75) is 71.6 Å². The zero-order chi connectivity index (χ0) is 36.1. The number of aryl methyl sites for hydroxylation is 1. The average Bonchev–Trinajstić information content (AvgIpc) is 3.07. The second-order valence-electron chi connectivity index (χ2n) is 14.6.